The minimum Gasteiger partial charge on any atom is -0.493 e. The Balaban J connectivity index is 1.83. The first-order valence-corrected chi connectivity index (χ1v) is 8.17. The Morgan fingerprint density at radius 1 is 1.04 bits per heavy atom. The maximum Gasteiger partial charge on any atom is 0.387 e. The summed E-state index contributed by atoms with van der Waals surface area (Å²) in [7, 11) is 1.36. The number of carbonyl (C=O) groups is 1. The van der Waals surface area contributed by atoms with Gasteiger partial charge < -0.3 is 14.8 Å². The summed E-state index contributed by atoms with van der Waals surface area (Å²) < 4.78 is 34.9. The Labute approximate surface area is 155 Å². The quantitative estimate of drug-likeness (QED) is 0.615. The van der Waals surface area contributed by atoms with Crippen LogP contribution in [0.5, 0.6) is 11.5 Å². The van der Waals surface area contributed by atoms with Gasteiger partial charge in [-0.3, -0.25) is 4.79 Å². The number of methoxy groups -OCH3 is 1. The summed E-state index contributed by atoms with van der Waals surface area (Å²) in [6, 6.07) is 17.9. The van der Waals surface area contributed by atoms with E-state index in [0.29, 0.717) is 11.3 Å². The molecule has 0 bridgehead atoms. The lowest BCUT2D eigenvalue weighted by atomic mass is 10.1. The Hall–Kier alpha value is -3.41. The van der Waals surface area contributed by atoms with Gasteiger partial charge in [-0.25, -0.2) is 0 Å². The topological polar surface area (TPSA) is 47.6 Å². The molecule has 27 heavy (non-hydrogen) atoms. The molecule has 0 unspecified atom stereocenters. The molecule has 0 atom stereocenters. The Morgan fingerprint density at radius 3 is 2.56 bits per heavy atom. The van der Waals surface area contributed by atoms with E-state index in [2.05, 4.69) is 10.1 Å². The molecule has 0 aromatic heterocycles. The number of hydrogen-bond acceptors (Lipinski definition) is 3. The van der Waals surface area contributed by atoms with Crippen molar-refractivity contribution in [2.45, 2.75) is 6.61 Å². The van der Waals surface area contributed by atoms with Crippen molar-refractivity contribution in [2.75, 3.05) is 12.4 Å². The van der Waals surface area contributed by atoms with Gasteiger partial charge in [0.15, 0.2) is 11.5 Å². The fourth-order valence-corrected chi connectivity index (χ4v) is 2.71. The van der Waals surface area contributed by atoms with Crippen LogP contribution in [0, 0.1) is 0 Å². The second-order valence-corrected chi connectivity index (χ2v) is 5.61. The van der Waals surface area contributed by atoms with Crippen LogP contribution in [0.25, 0.3) is 16.8 Å². The van der Waals surface area contributed by atoms with Crippen LogP contribution in [0.1, 0.15) is 5.56 Å². The molecule has 3 aromatic rings. The van der Waals surface area contributed by atoms with E-state index in [9.17, 15) is 13.6 Å². The lowest BCUT2D eigenvalue weighted by molar-refractivity contribution is -0.111. The standard InChI is InChI=1S/C21H17F2NO3/c1-26-18-11-5-8-15(20(18)27-21(22)23)12-13-19(25)24-17-10-4-7-14-6-2-3-9-16(14)17/h2-13,21H,1H3,(H,24,25)/b13-12+. The maximum absolute atomic E-state index is 12.7. The van der Waals surface area contributed by atoms with Crippen LogP contribution in [-0.4, -0.2) is 19.6 Å². The van der Waals surface area contributed by atoms with Crippen LogP contribution < -0.4 is 14.8 Å². The molecule has 1 N–H and O–H groups in total. The highest BCUT2D eigenvalue weighted by atomic mass is 19.3. The SMILES string of the molecule is COc1cccc(/C=C/C(=O)Nc2cccc3ccccc23)c1OC(F)F. The van der Waals surface area contributed by atoms with E-state index < -0.39 is 12.5 Å². The highest BCUT2D eigenvalue weighted by molar-refractivity contribution is 6.07. The molecule has 6 heteroatoms. The Kier molecular flexibility index (Phi) is 5.66. The average Bonchev–Trinajstić information content (AvgIpc) is 2.67. The summed E-state index contributed by atoms with van der Waals surface area (Å²) in [4.78, 5) is 12.3. The number of para-hydroxylation sites is 1. The van der Waals surface area contributed by atoms with Gasteiger partial charge in [0.2, 0.25) is 5.91 Å². The molecule has 3 aromatic carbocycles. The van der Waals surface area contributed by atoms with Crippen molar-refractivity contribution in [1.82, 2.24) is 0 Å². The van der Waals surface area contributed by atoms with Crippen LogP contribution in [0.15, 0.2) is 66.7 Å². The largest absolute Gasteiger partial charge is 0.493 e. The molecule has 0 aliphatic rings. The van der Waals surface area contributed by atoms with E-state index in [1.165, 1.54) is 25.3 Å². The molecule has 0 heterocycles. The first kappa shape index (κ1) is 18.4. The minimum atomic E-state index is -3.00. The van der Waals surface area contributed by atoms with Crippen molar-refractivity contribution in [3.63, 3.8) is 0 Å². The highest BCUT2D eigenvalue weighted by Crippen LogP contribution is 2.33. The predicted octanol–water partition coefficient (Wildman–Crippen LogP) is 5.10. The number of ether oxygens (including phenoxy) is 2. The fraction of sp³-hybridized carbons (Fsp3) is 0.0952. The van der Waals surface area contributed by atoms with Crippen molar-refractivity contribution in [2.24, 2.45) is 0 Å². The third-order valence-electron chi connectivity index (χ3n) is 3.90. The molecule has 0 saturated carbocycles. The molecule has 4 nitrogen and oxygen atoms in total. The maximum atomic E-state index is 12.7. The van der Waals surface area contributed by atoms with Crippen molar-refractivity contribution >= 4 is 28.4 Å². The Morgan fingerprint density at radius 2 is 1.78 bits per heavy atom. The number of hydrogen-bond donors (Lipinski definition) is 1. The normalized spacial score (nSPS) is 11.1. The summed E-state index contributed by atoms with van der Waals surface area (Å²) in [5.74, 6) is -0.353. The zero-order chi connectivity index (χ0) is 19.2. The number of alkyl halides is 2. The lowest BCUT2D eigenvalue weighted by Gasteiger charge is -2.12. The summed E-state index contributed by atoms with van der Waals surface area (Å²) in [6.45, 7) is -3.00. The van der Waals surface area contributed by atoms with E-state index >= 15 is 0 Å². The smallest absolute Gasteiger partial charge is 0.387 e. The van der Waals surface area contributed by atoms with Gasteiger partial charge in [-0.2, -0.15) is 8.78 Å². The number of benzene rings is 3. The summed E-state index contributed by atoms with van der Waals surface area (Å²) in [6.07, 6.45) is 2.66. The zero-order valence-electron chi connectivity index (χ0n) is 14.5. The number of carbonyl (C=O) groups excluding carboxylic acids is 1. The summed E-state index contributed by atoms with van der Waals surface area (Å²) >= 11 is 0. The number of anilines is 1. The first-order valence-electron chi connectivity index (χ1n) is 8.17. The molecular weight excluding hydrogens is 352 g/mol. The van der Waals surface area contributed by atoms with Gasteiger partial charge in [-0.1, -0.05) is 48.5 Å². The molecule has 0 saturated heterocycles. The van der Waals surface area contributed by atoms with Gasteiger partial charge in [0, 0.05) is 22.7 Å². The fourth-order valence-electron chi connectivity index (χ4n) is 2.71. The van der Waals surface area contributed by atoms with E-state index in [0.717, 1.165) is 10.8 Å². The third kappa shape index (κ3) is 4.41. The van der Waals surface area contributed by atoms with E-state index in [4.69, 9.17) is 4.74 Å². The van der Waals surface area contributed by atoms with Crippen LogP contribution >= 0.6 is 0 Å². The second-order valence-electron chi connectivity index (χ2n) is 5.61. The van der Waals surface area contributed by atoms with E-state index in [-0.39, 0.29) is 11.5 Å². The molecule has 0 aliphatic heterocycles. The number of amides is 1. The minimum absolute atomic E-state index is 0.121. The van der Waals surface area contributed by atoms with Gasteiger partial charge in [0.25, 0.3) is 0 Å². The molecule has 0 spiro atoms. The number of rotatable bonds is 6. The van der Waals surface area contributed by atoms with Crippen LogP contribution in [0.4, 0.5) is 14.5 Å². The van der Waals surface area contributed by atoms with Gasteiger partial charge >= 0.3 is 6.61 Å². The van der Waals surface area contributed by atoms with Gasteiger partial charge in [0.1, 0.15) is 0 Å². The van der Waals surface area contributed by atoms with Crippen LogP contribution in [-0.2, 0) is 4.79 Å². The number of fused-ring (bicyclic) bond motifs is 1. The second kappa shape index (κ2) is 8.31. The molecule has 0 fully saturated rings. The molecular formula is C21H17F2NO3. The van der Waals surface area contributed by atoms with E-state index in [1.807, 2.05) is 36.4 Å². The molecule has 0 aliphatic carbocycles. The summed E-state index contributed by atoms with van der Waals surface area (Å²) in [5.41, 5.74) is 0.972. The van der Waals surface area contributed by atoms with Crippen molar-refractivity contribution in [1.29, 1.82) is 0 Å². The average molecular weight is 369 g/mol. The predicted molar refractivity (Wildman–Crippen MR) is 101 cm³/mol. The molecule has 3 rings (SSSR count). The first-order chi connectivity index (χ1) is 13.1. The van der Waals surface area contributed by atoms with Crippen molar-refractivity contribution in [3.8, 4) is 11.5 Å². The molecule has 0 radical (unpaired) electrons. The van der Waals surface area contributed by atoms with Gasteiger partial charge in [-0.05, 0) is 23.6 Å². The van der Waals surface area contributed by atoms with Crippen molar-refractivity contribution < 1.29 is 23.0 Å². The Bertz CT molecular complexity index is 981. The number of nitrogens with one attached hydrogen (secondary N) is 1. The summed E-state index contributed by atoms with van der Waals surface area (Å²) in [5, 5.41) is 4.71. The lowest BCUT2D eigenvalue weighted by Crippen LogP contribution is -2.08. The van der Waals surface area contributed by atoms with E-state index in [1.54, 1.807) is 18.2 Å². The van der Waals surface area contributed by atoms with Gasteiger partial charge in [-0.15, -0.1) is 0 Å². The molecule has 138 valence electrons. The third-order valence-corrected chi connectivity index (χ3v) is 3.90. The zero-order valence-corrected chi connectivity index (χ0v) is 14.5. The van der Waals surface area contributed by atoms with Crippen LogP contribution in [0.2, 0.25) is 0 Å². The highest BCUT2D eigenvalue weighted by Gasteiger charge is 2.14. The molecule has 1 amide bonds. The van der Waals surface area contributed by atoms with Crippen molar-refractivity contribution in [3.05, 3.63) is 72.3 Å². The van der Waals surface area contributed by atoms with Crippen LogP contribution in [0.3, 0.4) is 0 Å². The monoisotopic (exact) mass is 369 g/mol. The van der Waals surface area contributed by atoms with Gasteiger partial charge in [0.05, 0.1) is 7.11 Å². The number of halogens is 2.